The number of halogens is 3. The van der Waals surface area contributed by atoms with Crippen LogP contribution >= 0.6 is 0 Å². The molecule has 2 heterocycles. The monoisotopic (exact) mass is 566 g/mol. The summed E-state index contributed by atoms with van der Waals surface area (Å²) in [5, 5.41) is 23.3. The first-order chi connectivity index (χ1) is 19.5. The fourth-order valence-corrected chi connectivity index (χ4v) is 7.80. The third-order valence-electron chi connectivity index (χ3n) is 9.91. The molecule has 0 unspecified atom stereocenters. The Morgan fingerprint density at radius 1 is 1.15 bits per heavy atom. The zero-order valence-corrected chi connectivity index (χ0v) is 22.4. The van der Waals surface area contributed by atoms with Crippen LogP contribution in [0.4, 0.5) is 13.2 Å². The molecule has 5 aliphatic rings. The van der Waals surface area contributed by atoms with E-state index in [4.69, 9.17) is 4.74 Å². The standard InChI is InChI=1S/C31H29F3N2O5/c1-35(23(38)11-6-17-4-7-19(8-5-17)31(32,33)34)21-12-13-30(40)27-25(39)20-9-10-22(37)26-24(20)29(30,28(21)41-26)14-15-36(27)16-18-2-3-18/h4-5,7-10,18,21,27-28,37,40H,2-3,12-16H2,1H3/t21-,27+,28-,29-,30+/m0/s1. The predicted molar refractivity (Wildman–Crippen MR) is 140 cm³/mol. The Balaban J connectivity index is 1.23. The topological polar surface area (TPSA) is 90.3 Å². The molecule has 2 saturated carbocycles. The molecule has 2 bridgehead atoms. The van der Waals surface area contributed by atoms with Crippen LogP contribution in [0.3, 0.4) is 0 Å². The van der Waals surface area contributed by atoms with Crippen LogP contribution in [-0.2, 0) is 16.4 Å². The van der Waals surface area contributed by atoms with Crippen LogP contribution in [0, 0.1) is 17.8 Å². The highest BCUT2D eigenvalue weighted by Crippen LogP contribution is 2.66. The minimum atomic E-state index is -4.46. The van der Waals surface area contributed by atoms with Crippen LogP contribution in [0.2, 0.25) is 0 Å². The highest BCUT2D eigenvalue weighted by molar-refractivity contribution is 6.06. The van der Waals surface area contributed by atoms with Gasteiger partial charge in [-0.15, -0.1) is 0 Å². The molecule has 2 aliphatic heterocycles. The fourth-order valence-electron chi connectivity index (χ4n) is 7.80. The first kappa shape index (κ1) is 26.4. The highest BCUT2D eigenvalue weighted by atomic mass is 19.4. The Bertz CT molecular complexity index is 1530. The number of aromatic hydroxyl groups is 1. The van der Waals surface area contributed by atoms with E-state index in [9.17, 15) is 33.0 Å². The van der Waals surface area contributed by atoms with Crippen molar-refractivity contribution < 1.29 is 37.7 Å². The first-order valence-corrected chi connectivity index (χ1v) is 14.0. The van der Waals surface area contributed by atoms with Gasteiger partial charge in [0.2, 0.25) is 0 Å². The third-order valence-corrected chi connectivity index (χ3v) is 9.91. The molecular formula is C31H29F3N2O5. The van der Waals surface area contributed by atoms with Gasteiger partial charge in [0.15, 0.2) is 17.3 Å². The summed E-state index contributed by atoms with van der Waals surface area (Å²) in [5.41, 5.74) is -1.96. The van der Waals surface area contributed by atoms with Crippen molar-refractivity contribution in [3.63, 3.8) is 0 Å². The van der Waals surface area contributed by atoms with Crippen molar-refractivity contribution in [1.82, 2.24) is 9.80 Å². The quantitative estimate of drug-likeness (QED) is 0.553. The van der Waals surface area contributed by atoms with Gasteiger partial charge in [0.25, 0.3) is 5.91 Å². The van der Waals surface area contributed by atoms with E-state index in [0.29, 0.717) is 36.4 Å². The SMILES string of the molecule is CN(C(=O)C#Cc1ccc(C(F)(F)F)cc1)[C@H]1CC[C@@]2(O)[C@H]3C(=O)c4ccc(O)c5c4[C@@]2(CCN3CC2CC2)[C@H]1O5. The lowest BCUT2D eigenvalue weighted by Gasteiger charge is -2.63. The van der Waals surface area contributed by atoms with E-state index >= 15 is 0 Å². The van der Waals surface area contributed by atoms with Crippen molar-refractivity contribution in [2.24, 2.45) is 5.92 Å². The number of hydrogen-bond acceptors (Lipinski definition) is 6. The smallest absolute Gasteiger partial charge is 0.416 e. The van der Waals surface area contributed by atoms with Crippen LogP contribution in [-0.4, -0.2) is 75.6 Å². The summed E-state index contributed by atoms with van der Waals surface area (Å²) in [6, 6.07) is 6.10. The largest absolute Gasteiger partial charge is 0.504 e. The number of amides is 1. The molecule has 10 heteroatoms. The zero-order valence-electron chi connectivity index (χ0n) is 22.4. The summed E-state index contributed by atoms with van der Waals surface area (Å²) in [6.07, 6.45) is -1.85. The van der Waals surface area contributed by atoms with Gasteiger partial charge in [-0.2, -0.15) is 13.2 Å². The van der Waals surface area contributed by atoms with Gasteiger partial charge in [-0.25, -0.2) is 0 Å². The number of nitrogens with zero attached hydrogens (tertiary/aromatic N) is 2. The first-order valence-electron chi connectivity index (χ1n) is 14.0. The summed E-state index contributed by atoms with van der Waals surface area (Å²) in [6.45, 7) is 1.34. The Labute approximate surface area is 234 Å². The maximum Gasteiger partial charge on any atom is 0.416 e. The van der Waals surface area contributed by atoms with Crippen LogP contribution in [0.5, 0.6) is 11.5 Å². The van der Waals surface area contributed by atoms with Gasteiger partial charge in [0, 0.05) is 42.7 Å². The summed E-state index contributed by atoms with van der Waals surface area (Å²) >= 11 is 0. The Morgan fingerprint density at radius 2 is 1.88 bits per heavy atom. The molecular weight excluding hydrogens is 537 g/mol. The molecule has 7 nitrogen and oxygen atoms in total. The maximum absolute atomic E-state index is 13.9. The minimum absolute atomic E-state index is 0.114. The van der Waals surface area contributed by atoms with Gasteiger partial charge < -0.3 is 19.8 Å². The number of aliphatic hydroxyl groups is 1. The normalized spacial score (nSPS) is 31.5. The lowest BCUT2D eigenvalue weighted by atomic mass is 9.48. The number of phenolic OH excluding ortho intramolecular Hbond substituents is 1. The van der Waals surface area contributed by atoms with Crippen molar-refractivity contribution in [3.05, 3.63) is 58.7 Å². The molecule has 7 rings (SSSR count). The number of alkyl halides is 3. The fraction of sp³-hybridized carbons (Fsp3) is 0.484. The molecule has 41 heavy (non-hydrogen) atoms. The average Bonchev–Trinajstić information content (AvgIpc) is 3.68. The number of Topliss-reactive ketones (excluding diaryl/α,β-unsaturated/α-hetero) is 1. The molecule has 1 saturated heterocycles. The Kier molecular flexibility index (Phi) is 5.61. The number of rotatable bonds is 3. The molecule has 3 aliphatic carbocycles. The van der Waals surface area contributed by atoms with Gasteiger partial charge in [-0.1, -0.05) is 5.92 Å². The van der Waals surface area contributed by atoms with Crippen molar-refractivity contribution in [2.75, 3.05) is 20.1 Å². The molecule has 2 aromatic carbocycles. The van der Waals surface area contributed by atoms with Gasteiger partial charge in [-0.05, 0) is 74.4 Å². The third kappa shape index (κ3) is 3.68. The van der Waals surface area contributed by atoms with E-state index in [2.05, 4.69) is 16.7 Å². The van der Waals surface area contributed by atoms with Gasteiger partial charge in [-0.3, -0.25) is 14.5 Å². The number of carbonyl (C=O) groups is 2. The summed E-state index contributed by atoms with van der Waals surface area (Å²) in [5.74, 6) is 5.08. The average molecular weight is 567 g/mol. The van der Waals surface area contributed by atoms with Crippen LogP contribution < -0.4 is 4.74 Å². The number of benzene rings is 2. The van der Waals surface area contributed by atoms with E-state index in [1.165, 1.54) is 23.1 Å². The van der Waals surface area contributed by atoms with Crippen LogP contribution in [0.25, 0.3) is 0 Å². The molecule has 2 N–H and O–H groups in total. The number of likely N-dealkylation sites (N-methyl/N-ethyl adjacent to an activating group) is 1. The number of carbonyl (C=O) groups excluding carboxylic acids is 2. The summed E-state index contributed by atoms with van der Waals surface area (Å²) in [7, 11) is 1.59. The Morgan fingerprint density at radius 3 is 2.56 bits per heavy atom. The van der Waals surface area contributed by atoms with Crippen molar-refractivity contribution >= 4 is 11.7 Å². The second-order valence-corrected chi connectivity index (χ2v) is 12.1. The zero-order chi connectivity index (χ0) is 28.9. The molecule has 2 aromatic rings. The number of hydrogen-bond donors (Lipinski definition) is 2. The van der Waals surface area contributed by atoms with Crippen molar-refractivity contribution in [3.8, 4) is 23.3 Å². The summed E-state index contributed by atoms with van der Waals surface area (Å²) < 4.78 is 45.1. The molecule has 3 fully saturated rings. The number of ketones is 1. The lowest BCUT2D eigenvalue weighted by Crippen LogP contribution is -2.79. The predicted octanol–water partition coefficient (Wildman–Crippen LogP) is 3.49. The number of ether oxygens (including phenoxy) is 1. The second kappa shape index (κ2) is 8.73. The van der Waals surface area contributed by atoms with E-state index in [1.807, 2.05) is 0 Å². The Hall–Kier alpha value is -3.55. The number of likely N-dealkylation sites (tertiary alicyclic amines) is 1. The molecule has 0 radical (unpaired) electrons. The molecule has 5 atom stereocenters. The van der Waals surface area contributed by atoms with E-state index in [1.54, 1.807) is 13.1 Å². The second-order valence-electron chi connectivity index (χ2n) is 12.1. The van der Waals surface area contributed by atoms with E-state index < -0.39 is 46.9 Å². The number of phenols is 1. The number of piperidine rings is 1. The van der Waals surface area contributed by atoms with Gasteiger partial charge >= 0.3 is 6.18 Å². The van der Waals surface area contributed by atoms with Crippen LogP contribution in [0.1, 0.15) is 59.2 Å². The van der Waals surface area contributed by atoms with Crippen molar-refractivity contribution in [2.45, 2.75) is 67.5 Å². The highest BCUT2D eigenvalue weighted by Gasteiger charge is 2.75. The summed E-state index contributed by atoms with van der Waals surface area (Å²) in [4.78, 5) is 30.8. The molecule has 214 valence electrons. The minimum Gasteiger partial charge on any atom is -0.504 e. The van der Waals surface area contributed by atoms with E-state index in [-0.39, 0.29) is 29.3 Å². The van der Waals surface area contributed by atoms with Crippen molar-refractivity contribution in [1.29, 1.82) is 0 Å². The van der Waals surface area contributed by atoms with Gasteiger partial charge in [0.1, 0.15) is 17.7 Å². The molecule has 1 amide bonds. The van der Waals surface area contributed by atoms with Gasteiger partial charge in [0.05, 0.1) is 17.0 Å². The molecule has 0 aromatic heterocycles. The van der Waals surface area contributed by atoms with E-state index in [0.717, 1.165) is 31.5 Å². The van der Waals surface area contributed by atoms with Crippen LogP contribution in [0.15, 0.2) is 36.4 Å². The lowest BCUT2D eigenvalue weighted by molar-refractivity contribution is -0.187. The maximum atomic E-state index is 13.9. The molecule has 1 spiro atoms.